The molecule has 0 aromatic heterocycles. The molecule has 2 amide bonds. The number of amides is 2. The van der Waals surface area contributed by atoms with Crippen LogP contribution in [0.4, 0.5) is 0 Å². The summed E-state index contributed by atoms with van der Waals surface area (Å²) in [5.41, 5.74) is -2.78. The van der Waals surface area contributed by atoms with Crippen molar-refractivity contribution in [2.24, 2.45) is 11.8 Å². The molecule has 48 nitrogen and oxygen atoms in total. The van der Waals surface area contributed by atoms with Crippen molar-refractivity contribution in [3.63, 3.8) is 0 Å². The van der Waals surface area contributed by atoms with Crippen molar-refractivity contribution in [1.82, 2.24) is 10.6 Å². The van der Waals surface area contributed by atoms with E-state index in [0.29, 0.717) is 0 Å². The van der Waals surface area contributed by atoms with Gasteiger partial charge in [0, 0.05) is 137 Å². The second-order valence-corrected chi connectivity index (χ2v) is 31.1. The summed E-state index contributed by atoms with van der Waals surface area (Å²) in [5, 5.41) is 5.26. The van der Waals surface area contributed by atoms with Gasteiger partial charge in [0.2, 0.25) is 11.8 Å². The van der Waals surface area contributed by atoms with Gasteiger partial charge < -0.3 is 139 Å². The first kappa shape index (κ1) is 104. The van der Waals surface area contributed by atoms with Crippen LogP contribution in [0.1, 0.15) is 158 Å². The second-order valence-electron chi connectivity index (χ2n) is 31.1. The first-order valence-electron chi connectivity index (χ1n) is 40.3. The number of nitrogens with one attached hydrogen (secondary N) is 2. The first-order chi connectivity index (χ1) is 59.4. The fourth-order valence-corrected chi connectivity index (χ4v) is 15.9. The third-order valence-electron chi connectivity index (χ3n) is 20.1. The molecule has 127 heavy (non-hydrogen) atoms. The van der Waals surface area contributed by atoms with Crippen LogP contribution < -0.4 is 10.6 Å². The monoisotopic (exact) mass is 1820 g/mol. The molecule has 12 unspecified atom stereocenters. The van der Waals surface area contributed by atoms with Gasteiger partial charge in [-0.3, -0.25) is 86.3 Å². The summed E-state index contributed by atoms with van der Waals surface area (Å²) in [6.45, 7) is 16.9. The fraction of sp³-hybridized carbons (Fsp3) is 0.759. The van der Waals surface area contributed by atoms with Crippen molar-refractivity contribution in [2.45, 2.75) is 341 Å². The van der Waals surface area contributed by atoms with Crippen LogP contribution in [-0.2, 0) is 219 Å². The lowest BCUT2D eigenvalue weighted by Crippen LogP contribution is -2.74. The van der Waals surface area contributed by atoms with Crippen molar-refractivity contribution >= 4 is 113 Å². The molecule has 1 aliphatic carbocycles. The van der Waals surface area contributed by atoms with Crippen molar-refractivity contribution in [3.8, 4) is 0 Å². The summed E-state index contributed by atoms with van der Waals surface area (Å²) in [6, 6.07) is -3.84. The van der Waals surface area contributed by atoms with Crippen molar-refractivity contribution in [2.75, 3.05) is 33.0 Å². The smallest absolute Gasteiger partial charge is 0.339 e. The molecule has 7 fully saturated rings. The number of hydrogen-bond acceptors (Lipinski definition) is 46. The molecule has 0 radical (unpaired) electrons. The number of ether oxygens (including phenoxy) is 27. The molecule has 31 atom stereocenters. The summed E-state index contributed by atoms with van der Waals surface area (Å²) >= 11 is 0. The number of hydrogen-bond donors (Lipinski definition) is 2. The van der Waals surface area contributed by atoms with Crippen LogP contribution in [0.15, 0.2) is 0 Å². The van der Waals surface area contributed by atoms with Crippen LogP contribution in [0.2, 0.25) is 0 Å². The van der Waals surface area contributed by atoms with Gasteiger partial charge in [0.1, 0.15) is 106 Å². The molecule has 0 aromatic rings. The van der Waals surface area contributed by atoms with E-state index in [4.69, 9.17) is 128 Å². The maximum Gasteiger partial charge on any atom is 0.339 e. The van der Waals surface area contributed by atoms with E-state index < -0.39 is 354 Å². The average molecular weight is 1820 g/mol. The molecule has 6 saturated heterocycles. The Balaban J connectivity index is 1.58. The largest absolute Gasteiger partial charge is 0.463 e. The Kier molecular flexibility index (Phi) is 37.5. The molecule has 1 saturated carbocycles. The lowest BCUT2D eigenvalue weighted by atomic mass is 9.69. The quantitative estimate of drug-likeness (QED) is 0.0541. The lowest BCUT2D eigenvalue weighted by molar-refractivity contribution is -0.398. The molecule has 7 aliphatic rings. The third-order valence-corrected chi connectivity index (χ3v) is 20.1. The second kappa shape index (κ2) is 46.0. The first-order valence-corrected chi connectivity index (χ1v) is 40.3. The molecule has 1 spiro atoms. The number of rotatable bonds is 34. The summed E-state index contributed by atoms with van der Waals surface area (Å²) < 4.78 is 166. The van der Waals surface area contributed by atoms with Gasteiger partial charge in [0.15, 0.2) is 97.9 Å². The van der Waals surface area contributed by atoms with Gasteiger partial charge in [-0.1, -0.05) is 13.8 Å². The number of esters is 17. The minimum Gasteiger partial charge on any atom is -0.463 e. The average Bonchev–Trinajstić information content (AvgIpc) is 0.714. The number of fused-ring (bicyclic) bond motifs is 1. The molecule has 7 rings (SSSR count). The van der Waals surface area contributed by atoms with Gasteiger partial charge in [-0.25, -0.2) is 4.79 Å². The molecular formula is C79H110N2O46. The van der Waals surface area contributed by atoms with Gasteiger partial charge in [-0.2, -0.15) is 0 Å². The lowest BCUT2D eigenvalue weighted by Gasteiger charge is -2.57. The maximum absolute atomic E-state index is 16.2. The van der Waals surface area contributed by atoms with E-state index in [2.05, 4.69) is 10.6 Å². The van der Waals surface area contributed by atoms with Gasteiger partial charge in [-0.15, -0.1) is 0 Å². The molecular weight excluding hydrogens is 1710 g/mol. The van der Waals surface area contributed by atoms with E-state index in [1.54, 1.807) is 13.8 Å². The van der Waals surface area contributed by atoms with E-state index in [9.17, 15) is 86.3 Å². The topological polar surface area (TPSA) is 598 Å². The van der Waals surface area contributed by atoms with E-state index in [1.807, 2.05) is 0 Å². The number of carbonyl (C=O) groups is 19. The van der Waals surface area contributed by atoms with Gasteiger partial charge in [0.25, 0.3) is 0 Å². The summed E-state index contributed by atoms with van der Waals surface area (Å²) in [5.74, 6) is -22.8. The molecule has 6 aliphatic heterocycles. The minimum absolute atomic E-state index is 0.632. The van der Waals surface area contributed by atoms with Crippen molar-refractivity contribution in [1.29, 1.82) is 0 Å². The Hall–Kier alpha value is -10.5. The summed E-state index contributed by atoms with van der Waals surface area (Å²) in [4.78, 5) is 256. The van der Waals surface area contributed by atoms with Crippen LogP contribution in [-0.4, -0.2) is 330 Å². The summed E-state index contributed by atoms with van der Waals surface area (Å²) in [6.07, 6.45) is -55.7. The standard InChI is InChI=1S/C79H110N2O46/c1-29(2)58-66(113-44(17)95)68(115-46(19)97)63(52(118-58)25-102-34(7)85)123-77-73-70(127-79(78(100)126-73)22-49(56(80-31(4)82)50(23-79)107-38(11)89)60(110-41(14)92)51(108-39(12)90)24-101-33(6)84)64(55(121-77)28-105-37(10)88)122-74-57(81-32(5)83)65(61(111-42(15)93)53(119-74)26-103-35(8)86)124-76-72(69(116-47(20)98)62(112-43(16)94)54(120-76)27-104-36(9)87)125-75-71(117-48(21)99)67(114-45(18)96)59(30(3)106-75)109-40(13)91/h29-30,49-77H,22-28H2,1-21H3,(H,80,82)(H,81,83)/t30?,49-,50?,51-,52?,53?,54?,55?,56?,57?,58+,59-,60+,61+,62+,63-,64+,65-,66?,67?,68+,69+,70+,71+,72?,73?,74+,75+,76+,77+,79+/m1/s1. The highest BCUT2D eigenvalue weighted by atomic mass is 16.8. The predicted octanol–water partition coefficient (Wildman–Crippen LogP) is -1.60. The third kappa shape index (κ3) is 28.8. The van der Waals surface area contributed by atoms with Crippen LogP contribution in [0.3, 0.4) is 0 Å². The van der Waals surface area contributed by atoms with Crippen LogP contribution in [0.5, 0.6) is 0 Å². The van der Waals surface area contributed by atoms with E-state index in [-0.39, 0.29) is 0 Å². The molecule has 6 heterocycles. The fourth-order valence-electron chi connectivity index (χ4n) is 15.9. The van der Waals surface area contributed by atoms with Gasteiger partial charge in [-0.05, 0) is 19.3 Å². The zero-order valence-electron chi connectivity index (χ0n) is 73.6. The predicted molar refractivity (Wildman–Crippen MR) is 403 cm³/mol. The normalized spacial score (nSPS) is 33.6. The Bertz CT molecular complexity index is 4020. The van der Waals surface area contributed by atoms with E-state index in [0.717, 1.165) is 125 Å². The van der Waals surface area contributed by atoms with E-state index in [1.165, 1.54) is 6.92 Å². The maximum atomic E-state index is 16.2. The Labute approximate surface area is 726 Å². The van der Waals surface area contributed by atoms with Gasteiger partial charge in [0.05, 0.1) is 12.1 Å². The highest BCUT2D eigenvalue weighted by molar-refractivity contribution is 5.82. The van der Waals surface area contributed by atoms with Gasteiger partial charge >= 0.3 is 101 Å². The van der Waals surface area contributed by atoms with Crippen LogP contribution in [0, 0.1) is 11.8 Å². The van der Waals surface area contributed by atoms with Crippen molar-refractivity contribution in [3.05, 3.63) is 0 Å². The SMILES string of the molecule is CC(=O)NC1C(OC(C)=O)C[C@]2(C[C@H]1[C@H](OC(C)=O)[C@@H](COC(C)=O)OC(C)=O)O[C@@H]1C(OC2=O)[C@H](O[C@@H]2C(COC(C)=O)O[C@@H](C(C)C)C(OC(C)=O)[C@H]2OC(C)=O)OC(COC(C)=O)[C@@H]1O[C@@H]1OC(COC(C)=O)[C@H](OC(C)=O)[C@H](O[C@@H]2OC(COC(C)=O)[C@H](OC(C)=O)[C@H](OC(C)=O)C2O[C@@H]2OC(C)[C@@H](OC(C)=O)C(OC(C)=O)[C@@H]2OC(C)=O)C1NC(C)=O. The highest BCUT2D eigenvalue weighted by Crippen LogP contribution is 2.50. The molecule has 0 aromatic carbocycles. The highest BCUT2D eigenvalue weighted by Gasteiger charge is 2.68. The van der Waals surface area contributed by atoms with E-state index >= 15 is 4.79 Å². The molecule has 0 bridgehead atoms. The van der Waals surface area contributed by atoms with Crippen LogP contribution >= 0.6 is 0 Å². The molecule has 2 N–H and O–H groups in total. The number of carbonyl (C=O) groups excluding carboxylic acids is 19. The zero-order chi connectivity index (χ0) is 94.8. The Morgan fingerprint density at radius 2 is 0.717 bits per heavy atom. The molecule has 712 valence electrons. The minimum atomic E-state index is -2.78. The zero-order valence-corrected chi connectivity index (χ0v) is 73.6. The van der Waals surface area contributed by atoms with Crippen molar-refractivity contribution < 1.29 is 219 Å². The van der Waals surface area contributed by atoms with Crippen LogP contribution in [0.25, 0.3) is 0 Å². The molecule has 48 heteroatoms. The summed E-state index contributed by atoms with van der Waals surface area (Å²) in [7, 11) is 0. The Morgan fingerprint density at radius 1 is 0.346 bits per heavy atom. The Morgan fingerprint density at radius 3 is 1.17 bits per heavy atom.